The molecule has 2 aromatic carbocycles. The summed E-state index contributed by atoms with van der Waals surface area (Å²) in [6.45, 7) is 12.4. The van der Waals surface area contributed by atoms with Gasteiger partial charge in [-0.2, -0.15) is 26.3 Å². The Morgan fingerprint density at radius 1 is 1.14 bits per heavy atom. The van der Waals surface area contributed by atoms with E-state index in [0.717, 1.165) is 4.90 Å². The van der Waals surface area contributed by atoms with Crippen LogP contribution in [0.1, 0.15) is 86.9 Å². The molecule has 44 heavy (non-hydrogen) atoms. The number of amides is 2. The Bertz CT molecular complexity index is 1330. The van der Waals surface area contributed by atoms with E-state index in [-0.39, 0.29) is 24.6 Å². The smallest absolute Gasteiger partial charge is 0.416 e. The lowest BCUT2D eigenvalue weighted by molar-refractivity contribution is -0.143. The van der Waals surface area contributed by atoms with Gasteiger partial charge in [0, 0.05) is 25.0 Å². The van der Waals surface area contributed by atoms with E-state index in [9.17, 15) is 40.1 Å². The molecule has 0 bridgehead atoms. The first-order chi connectivity index (χ1) is 20.1. The Morgan fingerprint density at radius 2 is 1.70 bits per heavy atom. The van der Waals surface area contributed by atoms with Gasteiger partial charge in [0.1, 0.15) is 10.6 Å². The summed E-state index contributed by atoms with van der Waals surface area (Å²) < 4.78 is 111. The molecule has 0 radical (unpaired) electrons. The number of likely N-dealkylation sites (tertiary alicyclic amines) is 1. The quantitative estimate of drug-likeness (QED) is 0.186. The van der Waals surface area contributed by atoms with E-state index in [4.69, 9.17) is 0 Å². The maximum Gasteiger partial charge on any atom is 0.416 e. The van der Waals surface area contributed by atoms with Crippen molar-refractivity contribution in [2.24, 2.45) is 0 Å². The third-order valence-electron chi connectivity index (χ3n) is 8.00. The number of urea groups is 1. The van der Waals surface area contributed by atoms with Crippen molar-refractivity contribution in [1.82, 2.24) is 14.5 Å². The lowest BCUT2D eigenvalue weighted by atomic mass is 9.78. The van der Waals surface area contributed by atoms with Crippen LogP contribution in [0.2, 0.25) is 0 Å². The van der Waals surface area contributed by atoms with Crippen molar-refractivity contribution in [2.75, 3.05) is 13.6 Å². The fourth-order valence-corrected chi connectivity index (χ4v) is 6.32. The van der Waals surface area contributed by atoms with Crippen LogP contribution in [0.5, 0.6) is 0 Å². The molecule has 3 rings (SSSR count). The zero-order valence-corrected chi connectivity index (χ0v) is 26.3. The van der Waals surface area contributed by atoms with Gasteiger partial charge in [-0.05, 0) is 101 Å². The van der Waals surface area contributed by atoms with Crippen LogP contribution in [0.4, 0.5) is 35.5 Å². The Morgan fingerprint density at radius 3 is 2.18 bits per heavy atom. The fraction of sp³-hybridized carbons (Fsp3) is 0.516. The molecule has 1 aliphatic heterocycles. The Hall–Kier alpha value is -2.77. The van der Waals surface area contributed by atoms with Crippen LogP contribution in [-0.4, -0.2) is 44.3 Å². The summed E-state index contributed by atoms with van der Waals surface area (Å²) in [6, 6.07) is 2.89. The van der Waals surface area contributed by atoms with E-state index < -0.39 is 69.1 Å². The molecular weight excluding hydrogens is 611 g/mol. The van der Waals surface area contributed by atoms with Gasteiger partial charge in [0.05, 0.1) is 28.7 Å². The van der Waals surface area contributed by atoms with Gasteiger partial charge < -0.3 is 14.4 Å². The van der Waals surface area contributed by atoms with Crippen LogP contribution >= 0.6 is 0 Å². The molecule has 0 aliphatic carbocycles. The second-order valence-electron chi connectivity index (χ2n) is 12.3. The Balaban J connectivity index is 2.05. The Kier molecular flexibility index (Phi) is 10.5. The Labute approximate surface area is 256 Å². The number of benzene rings is 2. The van der Waals surface area contributed by atoms with Crippen LogP contribution in [0.25, 0.3) is 0 Å². The van der Waals surface area contributed by atoms with E-state index in [1.165, 1.54) is 31.0 Å². The normalized spacial score (nSPS) is 21.1. The summed E-state index contributed by atoms with van der Waals surface area (Å²) in [4.78, 5) is 16.6. The van der Waals surface area contributed by atoms with Crippen molar-refractivity contribution >= 4 is 17.4 Å². The molecule has 0 spiro atoms. The van der Waals surface area contributed by atoms with Gasteiger partial charge in [-0.1, -0.05) is 12.1 Å². The lowest BCUT2D eigenvalue weighted by Gasteiger charge is -2.48. The molecule has 1 N–H and O–H groups in total. The number of nitrogens with one attached hydrogen (secondary N) is 1. The number of nitrogens with zero attached hydrogens (tertiary/aromatic N) is 2. The maximum atomic E-state index is 14.1. The van der Waals surface area contributed by atoms with Crippen molar-refractivity contribution in [3.63, 3.8) is 0 Å². The van der Waals surface area contributed by atoms with Crippen molar-refractivity contribution in [2.45, 2.75) is 88.6 Å². The highest BCUT2D eigenvalue weighted by molar-refractivity contribution is 7.90. The van der Waals surface area contributed by atoms with Crippen molar-refractivity contribution in [1.29, 1.82) is 0 Å². The van der Waals surface area contributed by atoms with Gasteiger partial charge in [0.2, 0.25) is 0 Å². The average Bonchev–Trinajstić information content (AvgIpc) is 2.90. The zero-order chi connectivity index (χ0) is 33.4. The monoisotopic (exact) mass is 649 g/mol. The zero-order valence-electron chi connectivity index (χ0n) is 25.5. The summed E-state index contributed by atoms with van der Waals surface area (Å²) >= 11 is -1.49. The molecule has 4 atom stereocenters. The molecule has 1 saturated heterocycles. The molecule has 1 heterocycles. The minimum absolute atomic E-state index is 0.0454. The number of alkyl halides is 6. The van der Waals surface area contributed by atoms with Crippen LogP contribution in [0, 0.1) is 12.7 Å². The number of rotatable bonds is 7. The lowest BCUT2D eigenvalue weighted by Crippen LogP contribution is -2.60. The van der Waals surface area contributed by atoms with E-state index in [1.54, 1.807) is 19.1 Å². The first-order valence-electron chi connectivity index (χ1n) is 14.0. The molecule has 0 saturated carbocycles. The summed E-state index contributed by atoms with van der Waals surface area (Å²) in [5.41, 5.74) is -2.90. The summed E-state index contributed by atoms with van der Waals surface area (Å²) in [6.07, 6.45) is -7.43. The van der Waals surface area contributed by atoms with E-state index in [0.29, 0.717) is 36.1 Å². The molecule has 244 valence electrons. The van der Waals surface area contributed by atoms with Crippen molar-refractivity contribution < 1.29 is 40.1 Å². The van der Waals surface area contributed by atoms with Crippen LogP contribution < -0.4 is 4.72 Å². The number of hydrogen-bond acceptors (Lipinski definition) is 3. The highest BCUT2D eigenvalue weighted by Gasteiger charge is 2.47. The first kappa shape index (κ1) is 35.7. The highest BCUT2D eigenvalue weighted by atomic mass is 32.2. The minimum Gasteiger partial charge on any atom is -0.598 e. The van der Waals surface area contributed by atoms with Crippen LogP contribution in [0.3, 0.4) is 0 Å². The highest BCUT2D eigenvalue weighted by Crippen LogP contribution is 2.43. The predicted octanol–water partition coefficient (Wildman–Crippen LogP) is 8.49. The molecular formula is C31H38F7N3O2S. The van der Waals surface area contributed by atoms with Gasteiger partial charge in [0.25, 0.3) is 0 Å². The fourth-order valence-electron chi connectivity index (χ4n) is 5.35. The molecule has 2 amide bonds. The maximum absolute atomic E-state index is 14.1. The predicted molar refractivity (Wildman–Crippen MR) is 156 cm³/mol. The number of aryl methyl sites for hydroxylation is 1. The van der Waals surface area contributed by atoms with Crippen LogP contribution in [-0.2, 0) is 23.7 Å². The van der Waals surface area contributed by atoms with Crippen LogP contribution in [0.15, 0.2) is 49.1 Å². The second kappa shape index (κ2) is 12.9. The van der Waals surface area contributed by atoms with Gasteiger partial charge in [-0.25, -0.2) is 9.18 Å². The van der Waals surface area contributed by atoms with Gasteiger partial charge in [-0.3, -0.25) is 0 Å². The molecule has 1 fully saturated rings. The topological polar surface area (TPSA) is 58.6 Å². The first-order valence-corrected chi connectivity index (χ1v) is 15.1. The molecule has 5 nitrogen and oxygen atoms in total. The van der Waals surface area contributed by atoms with Crippen molar-refractivity contribution in [3.05, 3.63) is 82.7 Å². The number of hydrogen-bond donors (Lipinski definition) is 1. The minimum atomic E-state index is -5.04. The average molecular weight is 650 g/mol. The van der Waals surface area contributed by atoms with Gasteiger partial charge >= 0.3 is 18.4 Å². The van der Waals surface area contributed by atoms with E-state index >= 15 is 0 Å². The van der Waals surface area contributed by atoms with Crippen molar-refractivity contribution in [3.8, 4) is 0 Å². The number of carbonyl (C=O) groups is 1. The third kappa shape index (κ3) is 8.08. The van der Waals surface area contributed by atoms with Gasteiger partial charge in [0.15, 0.2) is 0 Å². The molecule has 1 unspecified atom stereocenters. The summed E-state index contributed by atoms with van der Waals surface area (Å²) in [7, 11) is 1.31. The molecule has 1 aliphatic rings. The third-order valence-corrected chi connectivity index (χ3v) is 9.73. The number of carbonyl (C=O) groups excluding carboxylic acids is 1. The van der Waals surface area contributed by atoms with E-state index in [2.05, 4.69) is 11.3 Å². The second-order valence-corrected chi connectivity index (χ2v) is 14.3. The molecule has 13 heteroatoms. The summed E-state index contributed by atoms with van der Waals surface area (Å²) in [5.74, 6) is -0.486. The number of halogens is 7. The molecule has 2 aromatic rings. The SMILES string of the molecule is C=CC[C@]1(N[S+]([O-])C(C)(C)C)CCN(C(=O)N(C)[C@H](C)c2cc(C(F)(F)F)cc(C(F)(F)F)c2)[C@@H](c2ccc(F)cc2C)C1. The molecule has 0 aromatic heterocycles. The standard InChI is InChI=1S/C31H38F7N3O2S/c1-8-11-29(39-44(43)28(4,5)6)12-13-41(26(18-29)25-10-9-24(32)14-19(25)2)27(42)40(7)20(3)21-15-22(30(33,34)35)17-23(16-21)31(36,37)38/h8-10,14-17,20,26,39H,1,11-13,18H2,2-7H3/t20-,26-,29+,44?/m1/s1. The summed E-state index contributed by atoms with van der Waals surface area (Å²) in [5, 5.41) is 0. The number of piperidine rings is 1. The largest absolute Gasteiger partial charge is 0.598 e. The van der Waals surface area contributed by atoms with E-state index in [1.807, 2.05) is 20.8 Å². The van der Waals surface area contributed by atoms with Gasteiger partial charge in [-0.15, -0.1) is 11.3 Å².